The minimum Gasteiger partial charge on any atom is -0.482 e. The van der Waals surface area contributed by atoms with Crippen molar-refractivity contribution < 1.29 is 22.3 Å². The summed E-state index contributed by atoms with van der Waals surface area (Å²) in [4.78, 5) is 11.3. The van der Waals surface area contributed by atoms with Gasteiger partial charge in [-0.25, -0.2) is 17.5 Å². The molecule has 0 aromatic heterocycles. The van der Waals surface area contributed by atoms with Crippen molar-refractivity contribution in [2.45, 2.75) is 11.3 Å². The number of anilines is 1. The Kier molecular flexibility index (Phi) is 4.50. The number of hydrogen-bond acceptors (Lipinski definition) is 4. The lowest BCUT2D eigenvalue weighted by Crippen LogP contribution is -2.28. The van der Waals surface area contributed by atoms with Crippen molar-refractivity contribution in [3.05, 3.63) is 53.8 Å². The molecule has 0 saturated carbocycles. The molecule has 1 aliphatic heterocycles. The molecule has 3 rings (SSSR count). The van der Waals surface area contributed by atoms with Gasteiger partial charge in [0.15, 0.2) is 6.61 Å². The lowest BCUT2D eigenvalue weighted by atomic mass is 10.1. The zero-order valence-electron chi connectivity index (χ0n) is 12.6. The summed E-state index contributed by atoms with van der Waals surface area (Å²) in [6.07, 6.45) is 0.233. The van der Waals surface area contributed by atoms with Gasteiger partial charge in [0.1, 0.15) is 11.6 Å². The normalized spacial score (nSPS) is 13.8. The van der Waals surface area contributed by atoms with Gasteiger partial charge in [0.05, 0.1) is 10.6 Å². The van der Waals surface area contributed by atoms with Crippen LogP contribution in [0, 0.1) is 5.82 Å². The minimum atomic E-state index is -3.77. The van der Waals surface area contributed by atoms with Crippen molar-refractivity contribution in [3.8, 4) is 5.75 Å². The first-order valence-electron chi connectivity index (χ1n) is 7.25. The molecule has 126 valence electrons. The highest BCUT2D eigenvalue weighted by Gasteiger charge is 2.20. The summed E-state index contributed by atoms with van der Waals surface area (Å²) < 4.78 is 45.8. The van der Waals surface area contributed by atoms with Crippen LogP contribution in [0.2, 0.25) is 0 Å². The Balaban J connectivity index is 1.70. The lowest BCUT2D eigenvalue weighted by Gasteiger charge is -2.18. The Morgan fingerprint density at radius 1 is 1.21 bits per heavy atom. The number of carbonyl (C=O) groups excluding carboxylic acids is 1. The van der Waals surface area contributed by atoms with E-state index in [0.717, 1.165) is 0 Å². The quantitative estimate of drug-likeness (QED) is 0.859. The van der Waals surface area contributed by atoms with E-state index in [1.54, 1.807) is 18.2 Å². The summed E-state index contributed by atoms with van der Waals surface area (Å²) in [6.45, 7) is -0.0385. The van der Waals surface area contributed by atoms with Gasteiger partial charge in [0.25, 0.3) is 5.91 Å². The number of benzene rings is 2. The van der Waals surface area contributed by atoms with Crippen LogP contribution < -0.4 is 14.8 Å². The van der Waals surface area contributed by atoms with Crippen LogP contribution in [-0.4, -0.2) is 27.5 Å². The Morgan fingerprint density at radius 3 is 2.79 bits per heavy atom. The fourth-order valence-corrected chi connectivity index (χ4v) is 3.39. The largest absolute Gasteiger partial charge is 0.482 e. The van der Waals surface area contributed by atoms with Crippen molar-refractivity contribution in [3.63, 3.8) is 0 Å². The first-order valence-corrected chi connectivity index (χ1v) is 8.74. The number of amides is 1. The highest BCUT2D eigenvalue weighted by Crippen LogP contribution is 2.29. The Bertz CT molecular complexity index is 883. The third kappa shape index (κ3) is 3.55. The predicted octanol–water partition coefficient (Wildman–Crippen LogP) is 1.68. The zero-order chi connectivity index (χ0) is 17.2. The van der Waals surface area contributed by atoms with Crippen molar-refractivity contribution in [2.24, 2.45) is 0 Å². The van der Waals surface area contributed by atoms with Crippen LogP contribution in [-0.2, 0) is 21.2 Å². The fourth-order valence-electron chi connectivity index (χ4n) is 2.33. The van der Waals surface area contributed by atoms with Crippen LogP contribution in [0.3, 0.4) is 0 Å². The molecule has 0 bridgehead atoms. The maximum Gasteiger partial charge on any atom is 0.262 e. The number of fused-ring (bicyclic) bond motifs is 1. The predicted molar refractivity (Wildman–Crippen MR) is 85.9 cm³/mol. The van der Waals surface area contributed by atoms with Gasteiger partial charge >= 0.3 is 0 Å². The van der Waals surface area contributed by atoms with Gasteiger partial charge in [-0.05, 0) is 36.2 Å². The molecule has 0 saturated heterocycles. The molecule has 0 atom stereocenters. The lowest BCUT2D eigenvalue weighted by molar-refractivity contribution is -0.118. The first kappa shape index (κ1) is 16.4. The summed E-state index contributed by atoms with van der Waals surface area (Å²) in [6, 6.07) is 10.4. The zero-order valence-corrected chi connectivity index (χ0v) is 13.4. The summed E-state index contributed by atoms with van der Waals surface area (Å²) in [5, 5.41) is 2.56. The molecule has 6 nitrogen and oxygen atoms in total. The van der Waals surface area contributed by atoms with Gasteiger partial charge in [-0.15, -0.1) is 0 Å². The second kappa shape index (κ2) is 6.58. The maximum atomic E-state index is 13.5. The van der Waals surface area contributed by atoms with Gasteiger partial charge in [0.2, 0.25) is 10.0 Å². The summed E-state index contributed by atoms with van der Waals surface area (Å²) in [5.41, 5.74) is 0.745. The summed E-state index contributed by atoms with van der Waals surface area (Å²) in [5.74, 6) is -0.296. The molecule has 0 unspecified atom stereocenters. The standard InChI is InChI=1S/C16H15FN2O4S/c17-13-4-2-1-3-11(13)7-8-18-24(21,22)12-5-6-15-14(9-12)19-16(20)10-23-15/h1-6,9,18H,7-8,10H2,(H,19,20). The number of ether oxygens (including phenoxy) is 1. The van der Waals surface area contributed by atoms with Crippen molar-refractivity contribution >= 4 is 21.6 Å². The van der Waals surface area contributed by atoms with Crippen molar-refractivity contribution in [1.82, 2.24) is 4.72 Å². The molecule has 0 radical (unpaired) electrons. The van der Waals surface area contributed by atoms with E-state index in [2.05, 4.69) is 10.0 Å². The van der Waals surface area contributed by atoms with Crippen LogP contribution in [0.25, 0.3) is 0 Å². The van der Waals surface area contributed by atoms with E-state index in [-0.39, 0.29) is 36.2 Å². The monoisotopic (exact) mass is 350 g/mol. The number of rotatable bonds is 5. The van der Waals surface area contributed by atoms with E-state index in [9.17, 15) is 17.6 Å². The second-order valence-corrected chi connectivity index (χ2v) is 7.00. The van der Waals surface area contributed by atoms with Gasteiger partial charge < -0.3 is 10.1 Å². The van der Waals surface area contributed by atoms with Gasteiger partial charge in [-0.1, -0.05) is 18.2 Å². The van der Waals surface area contributed by atoms with Crippen molar-refractivity contribution in [2.75, 3.05) is 18.5 Å². The Hall–Kier alpha value is -2.45. The number of halogens is 1. The smallest absolute Gasteiger partial charge is 0.262 e. The van der Waals surface area contributed by atoms with E-state index in [0.29, 0.717) is 17.0 Å². The molecule has 0 aliphatic carbocycles. The van der Waals surface area contributed by atoms with Gasteiger partial charge in [-0.2, -0.15) is 0 Å². The van der Waals surface area contributed by atoms with Crippen LogP contribution in [0.15, 0.2) is 47.4 Å². The Morgan fingerprint density at radius 2 is 2.00 bits per heavy atom. The molecule has 1 amide bonds. The third-order valence-electron chi connectivity index (χ3n) is 3.54. The SMILES string of the molecule is O=C1COc2ccc(S(=O)(=O)NCCc3ccccc3F)cc2N1. The summed E-state index contributed by atoms with van der Waals surface area (Å²) in [7, 11) is -3.77. The molecule has 0 fully saturated rings. The molecule has 1 aliphatic rings. The molecule has 1 heterocycles. The number of sulfonamides is 1. The molecular formula is C16H15FN2O4S. The molecular weight excluding hydrogens is 335 g/mol. The maximum absolute atomic E-state index is 13.5. The van der Waals surface area contributed by atoms with E-state index in [4.69, 9.17) is 4.74 Å². The van der Waals surface area contributed by atoms with Crippen LogP contribution in [0.4, 0.5) is 10.1 Å². The third-order valence-corrected chi connectivity index (χ3v) is 5.00. The second-order valence-electron chi connectivity index (χ2n) is 5.23. The molecule has 2 aromatic carbocycles. The van der Waals surface area contributed by atoms with Crippen molar-refractivity contribution in [1.29, 1.82) is 0 Å². The van der Waals surface area contributed by atoms with Crippen LogP contribution in [0.1, 0.15) is 5.56 Å². The summed E-state index contributed by atoms with van der Waals surface area (Å²) >= 11 is 0. The van der Waals surface area contributed by atoms with E-state index >= 15 is 0 Å². The van der Waals surface area contributed by atoms with Gasteiger partial charge in [-0.3, -0.25) is 4.79 Å². The molecule has 24 heavy (non-hydrogen) atoms. The minimum absolute atomic E-state index is 0.000540. The average molecular weight is 350 g/mol. The van der Waals surface area contributed by atoms with Gasteiger partial charge in [0, 0.05) is 6.54 Å². The molecule has 8 heteroatoms. The molecule has 0 spiro atoms. The van der Waals surface area contributed by atoms with Crippen LogP contribution >= 0.6 is 0 Å². The van der Waals surface area contributed by atoms with E-state index in [1.165, 1.54) is 24.3 Å². The molecule has 2 aromatic rings. The Labute approximate surface area is 138 Å². The first-order chi connectivity index (χ1) is 11.5. The van der Waals surface area contributed by atoms with E-state index in [1.807, 2.05) is 0 Å². The average Bonchev–Trinajstić information content (AvgIpc) is 2.56. The number of hydrogen-bond donors (Lipinski definition) is 2. The fraction of sp³-hybridized carbons (Fsp3) is 0.188. The topological polar surface area (TPSA) is 84.5 Å². The van der Waals surface area contributed by atoms with Crippen LogP contribution in [0.5, 0.6) is 5.75 Å². The number of nitrogens with one attached hydrogen (secondary N) is 2. The number of carbonyl (C=O) groups is 1. The highest BCUT2D eigenvalue weighted by molar-refractivity contribution is 7.89. The van der Waals surface area contributed by atoms with E-state index < -0.39 is 10.0 Å². The highest BCUT2D eigenvalue weighted by atomic mass is 32.2. The molecule has 2 N–H and O–H groups in total.